The Balaban J connectivity index is 1.56. The van der Waals surface area contributed by atoms with Crippen molar-refractivity contribution in [2.24, 2.45) is 15.9 Å². The number of aryl methyl sites for hydroxylation is 1. The molecule has 31 heavy (non-hydrogen) atoms. The number of nitrogens with zero attached hydrogens (tertiary/aromatic N) is 3. The zero-order valence-electron chi connectivity index (χ0n) is 17.7. The Bertz CT molecular complexity index is 1350. The molecule has 0 saturated carbocycles. The van der Waals surface area contributed by atoms with Crippen LogP contribution in [0.15, 0.2) is 64.8 Å². The fraction of sp³-hybridized carbons (Fsp3) is 0.167. The van der Waals surface area contributed by atoms with Crippen LogP contribution in [0.5, 0.6) is 0 Å². The van der Waals surface area contributed by atoms with Gasteiger partial charge < -0.3 is 16.0 Å². The lowest BCUT2D eigenvalue weighted by molar-refractivity contribution is 0.102. The first-order valence-corrected chi connectivity index (χ1v) is 10.1. The molecule has 1 amide bonds. The molecule has 0 aliphatic rings. The van der Waals surface area contributed by atoms with Crippen LogP contribution < -0.4 is 11.1 Å². The van der Waals surface area contributed by atoms with Gasteiger partial charge in [0.15, 0.2) is 0 Å². The quantitative estimate of drug-likeness (QED) is 0.250. The number of nitrogens with one attached hydrogen (secondary N) is 2. The molecule has 0 unspecified atom stereocenters. The number of anilines is 1. The third-order valence-electron chi connectivity index (χ3n) is 5.06. The van der Waals surface area contributed by atoms with Crippen LogP contribution >= 0.6 is 0 Å². The Morgan fingerprint density at radius 2 is 1.90 bits per heavy atom. The Hall–Kier alpha value is -4.00. The summed E-state index contributed by atoms with van der Waals surface area (Å²) in [7, 11) is 0. The summed E-state index contributed by atoms with van der Waals surface area (Å²) in [5.41, 5.74) is 11.3. The Labute approximate surface area is 180 Å². The molecule has 2 heterocycles. The molecule has 0 saturated heterocycles. The summed E-state index contributed by atoms with van der Waals surface area (Å²) in [6.45, 7) is 5.76. The highest BCUT2D eigenvalue weighted by Gasteiger charge is 2.11. The van der Waals surface area contributed by atoms with Crippen molar-refractivity contribution in [1.29, 1.82) is 0 Å². The van der Waals surface area contributed by atoms with E-state index in [1.165, 1.54) is 0 Å². The summed E-state index contributed by atoms with van der Waals surface area (Å²) in [6, 6.07) is 17.3. The molecular formula is C24H24N6O. The highest BCUT2D eigenvalue weighted by atomic mass is 16.1. The first kappa shape index (κ1) is 20.3. The molecule has 2 aromatic heterocycles. The number of hydrogen-bond donors (Lipinski definition) is 3. The fourth-order valence-corrected chi connectivity index (χ4v) is 3.25. The second-order valence-electron chi connectivity index (χ2n) is 7.43. The van der Waals surface area contributed by atoms with E-state index in [0.29, 0.717) is 18.0 Å². The van der Waals surface area contributed by atoms with Crippen molar-refractivity contribution >= 4 is 44.9 Å². The Kier molecular flexibility index (Phi) is 5.49. The van der Waals surface area contributed by atoms with Crippen LogP contribution in [0.25, 0.3) is 21.8 Å². The number of pyridine rings is 1. The number of amides is 1. The molecule has 2 aromatic carbocycles. The van der Waals surface area contributed by atoms with Gasteiger partial charge in [0.25, 0.3) is 5.91 Å². The van der Waals surface area contributed by atoms with Crippen LogP contribution in [0.2, 0.25) is 0 Å². The van der Waals surface area contributed by atoms with Gasteiger partial charge >= 0.3 is 0 Å². The van der Waals surface area contributed by atoms with Crippen LogP contribution in [0.1, 0.15) is 42.0 Å². The van der Waals surface area contributed by atoms with E-state index in [2.05, 4.69) is 25.5 Å². The van der Waals surface area contributed by atoms with Gasteiger partial charge in [0.1, 0.15) is 11.5 Å². The molecule has 0 radical (unpaired) electrons. The Morgan fingerprint density at radius 1 is 1.06 bits per heavy atom. The Morgan fingerprint density at radius 3 is 2.71 bits per heavy atom. The topological polar surface area (TPSA) is 109 Å². The minimum atomic E-state index is -0.206. The van der Waals surface area contributed by atoms with Crippen molar-refractivity contribution in [3.05, 3.63) is 71.5 Å². The highest BCUT2D eigenvalue weighted by Crippen LogP contribution is 2.21. The molecular weight excluding hydrogens is 388 g/mol. The van der Waals surface area contributed by atoms with E-state index in [9.17, 15) is 4.79 Å². The highest BCUT2D eigenvalue weighted by molar-refractivity contribution is 6.08. The third kappa shape index (κ3) is 4.45. The van der Waals surface area contributed by atoms with Crippen molar-refractivity contribution in [2.45, 2.75) is 27.2 Å². The van der Waals surface area contributed by atoms with Gasteiger partial charge in [-0.1, -0.05) is 19.1 Å². The van der Waals surface area contributed by atoms with E-state index < -0.39 is 0 Å². The van der Waals surface area contributed by atoms with E-state index in [1.807, 2.05) is 75.4 Å². The molecule has 4 N–H and O–H groups in total. The summed E-state index contributed by atoms with van der Waals surface area (Å²) >= 11 is 0. The minimum Gasteiger partial charge on any atom is -0.386 e. The molecule has 7 heteroatoms. The monoisotopic (exact) mass is 412 g/mol. The molecule has 0 fully saturated rings. The second-order valence-corrected chi connectivity index (χ2v) is 7.43. The van der Waals surface area contributed by atoms with Gasteiger partial charge in [0.05, 0.1) is 11.2 Å². The number of aromatic nitrogens is 2. The van der Waals surface area contributed by atoms with Gasteiger partial charge in [0, 0.05) is 34.1 Å². The number of hydrogen-bond acceptors (Lipinski definition) is 4. The summed E-state index contributed by atoms with van der Waals surface area (Å²) in [5.74, 6) is 0.281. The number of benzene rings is 2. The predicted octanol–water partition coefficient (Wildman–Crippen LogP) is 4.77. The number of fused-ring (bicyclic) bond motifs is 2. The molecule has 0 bridgehead atoms. The zero-order valence-corrected chi connectivity index (χ0v) is 17.7. The van der Waals surface area contributed by atoms with Crippen LogP contribution in [0.4, 0.5) is 5.69 Å². The molecule has 0 aliphatic heterocycles. The summed E-state index contributed by atoms with van der Waals surface area (Å²) in [4.78, 5) is 20.5. The standard InChI is InChI=1S/C24H24N6O/c1-4-23(25)30-29-15(3)16-7-9-21-18(11-16)13-22(28-21)24(31)27-19-8-10-20-17(12-19)6-5-14(2)26-20/h5-13,28H,4H2,1-3H3,(H2,25,30)(H,27,31)/b29-15-. The number of nitrogens with two attached hydrogens (primary N) is 1. The van der Waals surface area contributed by atoms with Gasteiger partial charge in [-0.3, -0.25) is 9.78 Å². The molecule has 0 spiro atoms. The average molecular weight is 412 g/mol. The van der Waals surface area contributed by atoms with E-state index in [4.69, 9.17) is 5.73 Å². The molecule has 7 nitrogen and oxygen atoms in total. The second kappa shape index (κ2) is 8.39. The summed E-state index contributed by atoms with van der Waals surface area (Å²) < 4.78 is 0. The normalized spacial score (nSPS) is 12.5. The number of H-pyrrole nitrogens is 1. The van der Waals surface area contributed by atoms with Gasteiger partial charge in [-0.2, -0.15) is 5.10 Å². The molecule has 4 rings (SSSR count). The van der Waals surface area contributed by atoms with Crippen molar-refractivity contribution in [3.63, 3.8) is 0 Å². The number of amidine groups is 1. The third-order valence-corrected chi connectivity index (χ3v) is 5.06. The van der Waals surface area contributed by atoms with Crippen LogP contribution in [0.3, 0.4) is 0 Å². The predicted molar refractivity (Wildman–Crippen MR) is 127 cm³/mol. The van der Waals surface area contributed by atoms with Crippen molar-refractivity contribution in [1.82, 2.24) is 9.97 Å². The number of carbonyl (C=O) groups excluding carboxylic acids is 1. The minimum absolute atomic E-state index is 0.206. The van der Waals surface area contributed by atoms with Gasteiger partial charge in [-0.25, -0.2) is 0 Å². The smallest absolute Gasteiger partial charge is 0.272 e. The van der Waals surface area contributed by atoms with Crippen molar-refractivity contribution in [2.75, 3.05) is 5.32 Å². The SMILES string of the molecule is CCC(N)=N/N=C(/C)c1ccc2[nH]c(C(=O)Nc3ccc4nc(C)ccc4c3)cc2c1. The van der Waals surface area contributed by atoms with E-state index in [0.717, 1.165) is 44.5 Å². The van der Waals surface area contributed by atoms with Gasteiger partial charge in [-0.15, -0.1) is 5.10 Å². The lowest BCUT2D eigenvalue weighted by Crippen LogP contribution is -2.12. The molecule has 156 valence electrons. The molecule has 4 aromatic rings. The molecule has 0 atom stereocenters. The van der Waals surface area contributed by atoms with E-state index >= 15 is 0 Å². The fourth-order valence-electron chi connectivity index (χ4n) is 3.25. The maximum absolute atomic E-state index is 12.8. The maximum Gasteiger partial charge on any atom is 0.272 e. The summed E-state index contributed by atoms with van der Waals surface area (Å²) in [6.07, 6.45) is 0.652. The first-order valence-electron chi connectivity index (χ1n) is 10.1. The van der Waals surface area contributed by atoms with Crippen molar-refractivity contribution in [3.8, 4) is 0 Å². The molecule has 0 aliphatic carbocycles. The maximum atomic E-state index is 12.8. The van der Waals surface area contributed by atoms with E-state index in [-0.39, 0.29) is 5.91 Å². The number of aromatic amines is 1. The van der Waals surface area contributed by atoms with Crippen molar-refractivity contribution < 1.29 is 4.79 Å². The first-order chi connectivity index (χ1) is 14.9. The van der Waals surface area contributed by atoms with Gasteiger partial charge in [0.2, 0.25) is 0 Å². The average Bonchev–Trinajstić information content (AvgIpc) is 3.21. The number of rotatable bonds is 5. The lowest BCUT2D eigenvalue weighted by Gasteiger charge is -2.05. The van der Waals surface area contributed by atoms with Crippen LogP contribution in [-0.4, -0.2) is 27.4 Å². The zero-order chi connectivity index (χ0) is 22.0. The lowest BCUT2D eigenvalue weighted by atomic mass is 10.1. The van der Waals surface area contributed by atoms with E-state index in [1.54, 1.807) is 0 Å². The number of carbonyl (C=O) groups is 1. The van der Waals surface area contributed by atoms with Crippen LogP contribution in [0, 0.1) is 6.92 Å². The van der Waals surface area contributed by atoms with Gasteiger partial charge in [-0.05, 0) is 61.9 Å². The largest absolute Gasteiger partial charge is 0.386 e. The van der Waals surface area contributed by atoms with Crippen LogP contribution in [-0.2, 0) is 0 Å². The summed E-state index contributed by atoms with van der Waals surface area (Å²) in [5, 5.41) is 13.0.